The Morgan fingerprint density at radius 3 is 2.80 bits per heavy atom. The standard InChI is InChI=1S/C12H14N2O/c1-8(2)10-4-5-14-7-13-12(9(3)15)11(14)6-10/h4-8H,1-3H3. The smallest absolute Gasteiger partial charge is 0.180 e. The summed E-state index contributed by atoms with van der Waals surface area (Å²) < 4.78 is 1.88. The van der Waals surface area contributed by atoms with E-state index in [9.17, 15) is 4.79 Å². The molecule has 0 bridgehead atoms. The molecular weight excluding hydrogens is 188 g/mol. The van der Waals surface area contributed by atoms with Crippen molar-refractivity contribution in [1.82, 2.24) is 9.38 Å². The lowest BCUT2D eigenvalue weighted by atomic mass is 10.0. The highest BCUT2D eigenvalue weighted by Gasteiger charge is 2.09. The highest BCUT2D eigenvalue weighted by Crippen LogP contribution is 2.18. The van der Waals surface area contributed by atoms with Gasteiger partial charge >= 0.3 is 0 Å². The quantitative estimate of drug-likeness (QED) is 0.701. The molecular formula is C12H14N2O. The summed E-state index contributed by atoms with van der Waals surface area (Å²) in [6.07, 6.45) is 3.63. The number of carbonyl (C=O) groups excluding carboxylic acids is 1. The molecule has 0 aromatic carbocycles. The number of hydrogen-bond acceptors (Lipinski definition) is 2. The zero-order valence-electron chi connectivity index (χ0n) is 9.19. The van der Waals surface area contributed by atoms with E-state index in [2.05, 4.69) is 24.9 Å². The Bertz CT molecular complexity index is 511. The number of Topliss-reactive ketones (excluding diaryl/α,β-unsaturated/α-hetero) is 1. The van der Waals surface area contributed by atoms with Crippen LogP contribution in [0.2, 0.25) is 0 Å². The van der Waals surface area contributed by atoms with Crippen LogP contribution >= 0.6 is 0 Å². The second-order valence-electron chi connectivity index (χ2n) is 4.06. The van der Waals surface area contributed by atoms with E-state index >= 15 is 0 Å². The van der Waals surface area contributed by atoms with Crippen molar-refractivity contribution in [2.45, 2.75) is 26.7 Å². The predicted octanol–water partition coefficient (Wildman–Crippen LogP) is 2.66. The Labute approximate surface area is 88.8 Å². The van der Waals surface area contributed by atoms with Gasteiger partial charge in [0.15, 0.2) is 5.78 Å². The van der Waals surface area contributed by atoms with Gasteiger partial charge in [0.25, 0.3) is 0 Å². The number of hydrogen-bond donors (Lipinski definition) is 0. The van der Waals surface area contributed by atoms with Crippen LogP contribution in [0.5, 0.6) is 0 Å². The van der Waals surface area contributed by atoms with Crippen molar-refractivity contribution < 1.29 is 4.79 Å². The van der Waals surface area contributed by atoms with Gasteiger partial charge < -0.3 is 4.40 Å². The van der Waals surface area contributed by atoms with Gasteiger partial charge in [-0.2, -0.15) is 0 Å². The van der Waals surface area contributed by atoms with Crippen LogP contribution in [-0.4, -0.2) is 15.2 Å². The highest BCUT2D eigenvalue weighted by atomic mass is 16.1. The third kappa shape index (κ3) is 1.65. The van der Waals surface area contributed by atoms with Crippen LogP contribution in [0.3, 0.4) is 0 Å². The van der Waals surface area contributed by atoms with Crippen LogP contribution in [0, 0.1) is 0 Å². The average Bonchev–Trinajstić information content (AvgIpc) is 2.59. The zero-order chi connectivity index (χ0) is 11.0. The Kier molecular flexibility index (Phi) is 2.31. The van der Waals surface area contributed by atoms with E-state index in [0.717, 1.165) is 5.52 Å². The molecule has 0 aliphatic heterocycles. The Balaban J connectivity index is 2.66. The molecule has 0 fully saturated rings. The lowest BCUT2D eigenvalue weighted by Gasteiger charge is -2.05. The molecule has 0 N–H and O–H groups in total. The summed E-state index contributed by atoms with van der Waals surface area (Å²) in [6.45, 7) is 5.82. The fourth-order valence-electron chi connectivity index (χ4n) is 1.63. The molecule has 0 aliphatic carbocycles. The maximum Gasteiger partial charge on any atom is 0.180 e. The monoisotopic (exact) mass is 202 g/mol. The fourth-order valence-corrected chi connectivity index (χ4v) is 1.63. The van der Waals surface area contributed by atoms with Gasteiger partial charge in [0.1, 0.15) is 12.0 Å². The SMILES string of the molecule is CC(=O)c1ncn2ccc(C(C)C)cc12. The van der Waals surface area contributed by atoms with E-state index in [1.54, 1.807) is 13.3 Å². The average molecular weight is 202 g/mol. The van der Waals surface area contributed by atoms with Crippen molar-refractivity contribution in [2.24, 2.45) is 0 Å². The third-order valence-corrected chi connectivity index (χ3v) is 2.56. The molecule has 0 unspecified atom stereocenters. The van der Waals surface area contributed by atoms with Crippen LogP contribution in [-0.2, 0) is 0 Å². The zero-order valence-corrected chi connectivity index (χ0v) is 9.19. The number of carbonyl (C=O) groups is 1. The minimum atomic E-state index is 0.0124. The lowest BCUT2D eigenvalue weighted by Crippen LogP contribution is -1.95. The summed E-state index contributed by atoms with van der Waals surface area (Å²) in [5.41, 5.74) is 2.68. The molecule has 3 heteroatoms. The van der Waals surface area contributed by atoms with Crippen LogP contribution in [0.4, 0.5) is 0 Å². The summed E-state index contributed by atoms with van der Waals surface area (Å²) in [5.74, 6) is 0.475. The molecule has 2 heterocycles. The second-order valence-corrected chi connectivity index (χ2v) is 4.06. The molecule has 3 nitrogen and oxygen atoms in total. The number of ketones is 1. The Morgan fingerprint density at radius 1 is 1.47 bits per heavy atom. The highest BCUT2D eigenvalue weighted by molar-refractivity contribution is 5.98. The molecule has 0 aliphatic rings. The summed E-state index contributed by atoms with van der Waals surface area (Å²) in [6, 6.07) is 4.09. The lowest BCUT2D eigenvalue weighted by molar-refractivity contribution is 0.101. The van der Waals surface area contributed by atoms with E-state index in [1.807, 2.05) is 16.7 Å². The molecule has 2 aromatic heterocycles. The third-order valence-electron chi connectivity index (χ3n) is 2.56. The first kappa shape index (κ1) is 9.90. The molecule has 0 radical (unpaired) electrons. The number of nitrogens with zero attached hydrogens (tertiary/aromatic N) is 2. The van der Waals surface area contributed by atoms with Crippen molar-refractivity contribution in [3.8, 4) is 0 Å². The maximum absolute atomic E-state index is 11.3. The van der Waals surface area contributed by atoms with Gasteiger partial charge in [0.05, 0.1) is 5.52 Å². The summed E-state index contributed by atoms with van der Waals surface area (Å²) in [5, 5.41) is 0. The van der Waals surface area contributed by atoms with Gasteiger partial charge in [-0.1, -0.05) is 13.8 Å². The van der Waals surface area contributed by atoms with Crippen molar-refractivity contribution in [2.75, 3.05) is 0 Å². The van der Waals surface area contributed by atoms with Crippen molar-refractivity contribution in [3.63, 3.8) is 0 Å². The first-order chi connectivity index (χ1) is 7.09. The molecule has 0 amide bonds. The molecule has 2 aromatic rings. The van der Waals surface area contributed by atoms with E-state index < -0.39 is 0 Å². The molecule has 0 spiro atoms. The van der Waals surface area contributed by atoms with E-state index in [1.165, 1.54) is 5.56 Å². The van der Waals surface area contributed by atoms with Gasteiger partial charge in [0.2, 0.25) is 0 Å². The number of rotatable bonds is 2. The minimum absolute atomic E-state index is 0.0124. The number of imidazole rings is 1. The van der Waals surface area contributed by atoms with Crippen LogP contribution in [0.15, 0.2) is 24.7 Å². The number of fused-ring (bicyclic) bond motifs is 1. The molecule has 0 saturated carbocycles. The second kappa shape index (κ2) is 3.50. The van der Waals surface area contributed by atoms with Crippen LogP contribution in [0.1, 0.15) is 42.7 Å². The summed E-state index contributed by atoms with van der Waals surface area (Å²) in [7, 11) is 0. The Hall–Kier alpha value is -1.64. The van der Waals surface area contributed by atoms with Crippen molar-refractivity contribution in [3.05, 3.63) is 35.9 Å². The largest absolute Gasteiger partial charge is 0.306 e. The number of pyridine rings is 1. The molecule has 0 saturated heterocycles. The van der Waals surface area contributed by atoms with Gasteiger partial charge in [-0.05, 0) is 23.6 Å². The molecule has 0 atom stereocenters. The molecule has 78 valence electrons. The maximum atomic E-state index is 11.3. The topological polar surface area (TPSA) is 34.4 Å². The fraction of sp³-hybridized carbons (Fsp3) is 0.333. The van der Waals surface area contributed by atoms with E-state index in [-0.39, 0.29) is 5.78 Å². The summed E-state index contributed by atoms with van der Waals surface area (Å²) in [4.78, 5) is 15.4. The predicted molar refractivity (Wildman–Crippen MR) is 59.3 cm³/mol. The first-order valence-electron chi connectivity index (χ1n) is 5.07. The van der Waals surface area contributed by atoms with E-state index in [0.29, 0.717) is 11.6 Å². The van der Waals surface area contributed by atoms with E-state index in [4.69, 9.17) is 0 Å². The summed E-state index contributed by atoms with van der Waals surface area (Å²) >= 11 is 0. The van der Waals surface area contributed by atoms with Gasteiger partial charge in [-0.3, -0.25) is 4.79 Å². The normalized spacial score (nSPS) is 11.2. The molecule has 2 rings (SSSR count). The van der Waals surface area contributed by atoms with Crippen molar-refractivity contribution in [1.29, 1.82) is 0 Å². The minimum Gasteiger partial charge on any atom is -0.306 e. The van der Waals surface area contributed by atoms with Gasteiger partial charge in [0, 0.05) is 13.1 Å². The van der Waals surface area contributed by atoms with Crippen molar-refractivity contribution >= 4 is 11.3 Å². The molecule has 15 heavy (non-hydrogen) atoms. The number of aromatic nitrogens is 2. The van der Waals surface area contributed by atoms with Gasteiger partial charge in [-0.15, -0.1) is 0 Å². The first-order valence-corrected chi connectivity index (χ1v) is 5.07. The van der Waals surface area contributed by atoms with Crippen LogP contribution in [0.25, 0.3) is 5.52 Å². The Morgan fingerprint density at radius 2 is 2.20 bits per heavy atom. The van der Waals surface area contributed by atoms with Crippen LogP contribution < -0.4 is 0 Å². The van der Waals surface area contributed by atoms with Gasteiger partial charge in [-0.25, -0.2) is 4.98 Å².